The van der Waals surface area contributed by atoms with Crippen molar-refractivity contribution in [1.82, 2.24) is 10.2 Å². The lowest BCUT2D eigenvalue weighted by Gasteiger charge is -2.29. The molecule has 0 radical (unpaired) electrons. The molecule has 1 atom stereocenters. The summed E-state index contributed by atoms with van der Waals surface area (Å²) in [6.45, 7) is 6.66. The van der Waals surface area contributed by atoms with Crippen molar-refractivity contribution in [3.8, 4) is 6.07 Å². The molecule has 1 aliphatic heterocycles. The summed E-state index contributed by atoms with van der Waals surface area (Å²) in [6.07, 6.45) is 4.72. The molecule has 0 amide bonds. The lowest BCUT2D eigenvalue weighted by molar-refractivity contribution is 0.209. The van der Waals surface area contributed by atoms with Gasteiger partial charge in [0.15, 0.2) is 0 Å². The molecule has 1 unspecified atom stereocenters. The van der Waals surface area contributed by atoms with Gasteiger partial charge < -0.3 is 10.2 Å². The minimum Gasteiger partial charge on any atom is -0.312 e. The van der Waals surface area contributed by atoms with Gasteiger partial charge in [-0.1, -0.05) is 6.42 Å². The van der Waals surface area contributed by atoms with E-state index in [2.05, 4.69) is 23.2 Å². The molecule has 0 aromatic heterocycles. The Labute approximate surface area is 87.1 Å². The van der Waals surface area contributed by atoms with Crippen molar-refractivity contribution >= 4 is 0 Å². The first-order valence-corrected chi connectivity index (χ1v) is 5.65. The van der Waals surface area contributed by atoms with Gasteiger partial charge in [-0.3, -0.25) is 0 Å². The molecular weight excluding hydrogens is 174 g/mol. The molecule has 3 nitrogen and oxygen atoms in total. The molecule has 1 saturated heterocycles. The number of nitriles is 1. The Bertz CT molecular complexity index is 179. The SMILES string of the molecule is CC(CN1CCCCC1)NCCC#N. The van der Waals surface area contributed by atoms with Crippen LogP contribution in [0.15, 0.2) is 0 Å². The zero-order chi connectivity index (χ0) is 10.2. The maximum absolute atomic E-state index is 8.40. The zero-order valence-corrected chi connectivity index (χ0v) is 9.13. The first-order chi connectivity index (χ1) is 6.83. The van der Waals surface area contributed by atoms with Gasteiger partial charge in [-0.05, 0) is 32.9 Å². The summed E-state index contributed by atoms with van der Waals surface area (Å²) in [6, 6.07) is 2.67. The van der Waals surface area contributed by atoms with E-state index in [9.17, 15) is 0 Å². The van der Waals surface area contributed by atoms with Crippen molar-refractivity contribution in [2.75, 3.05) is 26.2 Å². The predicted octanol–water partition coefficient (Wildman–Crippen LogP) is 1.36. The van der Waals surface area contributed by atoms with Crippen LogP contribution in [0.4, 0.5) is 0 Å². The average Bonchev–Trinajstić information content (AvgIpc) is 2.20. The Morgan fingerprint density at radius 1 is 1.36 bits per heavy atom. The molecule has 0 aromatic rings. The van der Waals surface area contributed by atoms with E-state index in [1.165, 1.54) is 32.4 Å². The highest BCUT2D eigenvalue weighted by Crippen LogP contribution is 2.08. The zero-order valence-electron chi connectivity index (χ0n) is 9.13. The number of nitrogens with zero attached hydrogens (tertiary/aromatic N) is 2. The second kappa shape index (κ2) is 6.80. The van der Waals surface area contributed by atoms with Crippen LogP contribution in [-0.4, -0.2) is 37.1 Å². The first-order valence-electron chi connectivity index (χ1n) is 5.65. The number of piperidine rings is 1. The first kappa shape index (κ1) is 11.5. The van der Waals surface area contributed by atoms with E-state index >= 15 is 0 Å². The number of likely N-dealkylation sites (tertiary alicyclic amines) is 1. The molecule has 1 rings (SSSR count). The van der Waals surface area contributed by atoms with Crippen LogP contribution in [0.3, 0.4) is 0 Å². The topological polar surface area (TPSA) is 39.1 Å². The van der Waals surface area contributed by atoms with Gasteiger partial charge in [-0.25, -0.2) is 0 Å². The third-order valence-electron chi connectivity index (χ3n) is 2.71. The lowest BCUT2D eigenvalue weighted by Crippen LogP contribution is -2.41. The number of hydrogen-bond donors (Lipinski definition) is 1. The number of hydrogen-bond acceptors (Lipinski definition) is 3. The van der Waals surface area contributed by atoms with E-state index in [0.29, 0.717) is 12.5 Å². The van der Waals surface area contributed by atoms with Gasteiger partial charge in [-0.15, -0.1) is 0 Å². The largest absolute Gasteiger partial charge is 0.312 e. The van der Waals surface area contributed by atoms with E-state index in [1.807, 2.05) is 0 Å². The maximum atomic E-state index is 8.40. The van der Waals surface area contributed by atoms with Crippen molar-refractivity contribution in [2.24, 2.45) is 0 Å². The lowest BCUT2D eigenvalue weighted by atomic mass is 10.1. The van der Waals surface area contributed by atoms with Gasteiger partial charge in [0.05, 0.1) is 6.07 Å². The van der Waals surface area contributed by atoms with Crippen LogP contribution >= 0.6 is 0 Å². The number of nitrogens with one attached hydrogen (secondary N) is 1. The van der Waals surface area contributed by atoms with E-state index in [4.69, 9.17) is 5.26 Å². The molecule has 0 saturated carbocycles. The normalized spacial score (nSPS) is 20.3. The smallest absolute Gasteiger partial charge is 0.0635 e. The Morgan fingerprint density at radius 3 is 2.71 bits per heavy atom. The van der Waals surface area contributed by atoms with Crippen molar-refractivity contribution in [3.05, 3.63) is 0 Å². The van der Waals surface area contributed by atoms with E-state index in [-0.39, 0.29) is 0 Å². The molecular formula is C11H21N3. The fourth-order valence-corrected chi connectivity index (χ4v) is 1.97. The van der Waals surface area contributed by atoms with E-state index in [0.717, 1.165) is 13.1 Å². The molecule has 80 valence electrons. The van der Waals surface area contributed by atoms with Crippen LogP contribution in [-0.2, 0) is 0 Å². The van der Waals surface area contributed by atoms with Gasteiger partial charge in [0.2, 0.25) is 0 Å². The maximum Gasteiger partial charge on any atom is 0.0635 e. The third-order valence-corrected chi connectivity index (χ3v) is 2.71. The summed E-state index contributed by atoms with van der Waals surface area (Å²) in [5, 5.41) is 11.8. The minimum absolute atomic E-state index is 0.515. The molecule has 0 bridgehead atoms. The summed E-state index contributed by atoms with van der Waals surface area (Å²) >= 11 is 0. The van der Waals surface area contributed by atoms with Crippen molar-refractivity contribution in [2.45, 2.75) is 38.6 Å². The van der Waals surface area contributed by atoms with Gasteiger partial charge in [0, 0.05) is 25.6 Å². The Morgan fingerprint density at radius 2 is 2.07 bits per heavy atom. The van der Waals surface area contributed by atoms with Gasteiger partial charge in [0.1, 0.15) is 0 Å². The van der Waals surface area contributed by atoms with Crippen LogP contribution < -0.4 is 5.32 Å². The standard InChI is InChI=1S/C11H21N3/c1-11(13-7-5-6-12)10-14-8-3-2-4-9-14/h11,13H,2-5,7-10H2,1H3. The van der Waals surface area contributed by atoms with Crippen LogP contribution in [0, 0.1) is 11.3 Å². The van der Waals surface area contributed by atoms with E-state index < -0.39 is 0 Å². The molecule has 0 aromatic carbocycles. The van der Waals surface area contributed by atoms with Crippen LogP contribution in [0.1, 0.15) is 32.6 Å². The quantitative estimate of drug-likeness (QED) is 0.673. The monoisotopic (exact) mass is 195 g/mol. The summed E-state index contributed by atoms with van der Waals surface area (Å²) in [4.78, 5) is 2.52. The highest BCUT2D eigenvalue weighted by atomic mass is 15.1. The summed E-state index contributed by atoms with van der Waals surface area (Å²) in [5.41, 5.74) is 0. The van der Waals surface area contributed by atoms with Crippen LogP contribution in [0.25, 0.3) is 0 Å². The predicted molar refractivity (Wildman–Crippen MR) is 58.0 cm³/mol. The molecule has 3 heteroatoms. The highest BCUT2D eigenvalue weighted by Gasteiger charge is 2.12. The van der Waals surface area contributed by atoms with E-state index in [1.54, 1.807) is 0 Å². The van der Waals surface area contributed by atoms with Crippen molar-refractivity contribution in [1.29, 1.82) is 5.26 Å². The van der Waals surface area contributed by atoms with Gasteiger partial charge >= 0.3 is 0 Å². The number of rotatable bonds is 5. The molecule has 1 heterocycles. The van der Waals surface area contributed by atoms with Crippen LogP contribution in [0.5, 0.6) is 0 Å². The molecule has 1 fully saturated rings. The van der Waals surface area contributed by atoms with Gasteiger partial charge in [0.25, 0.3) is 0 Å². The molecule has 1 aliphatic rings. The minimum atomic E-state index is 0.515. The molecule has 0 aliphatic carbocycles. The summed E-state index contributed by atoms with van der Waals surface area (Å²) in [7, 11) is 0. The Hall–Kier alpha value is -0.590. The average molecular weight is 195 g/mol. The fourth-order valence-electron chi connectivity index (χ4n) is 1.97. The second-order valence-corrected chi connectivity index (χ2v) is 4.12. The van der Waals surface area contributed by atoms with Crippen LogP contribution in [0.2, 0.25) is 0 Å². The second-order valence-electron chi connectivity index (χ2n) is 4.12. The third kappa shape index (κ3) is 4.59. The highest BCUT2D eigenvalue weighted by molar-refractivity contribution is 4.75. The Balaban J connectivity index is 2.06. The van der Waals surface area contributed by atoms with Crippen molar-refractivity contribution in [3.63, 3.8) is 0 Å². The summed E-state index contributed by atoms with van der Waals surface area (Å²) < 4.78 is 0. The molecule has 0 spiro atoms. The molecule has 1 N–H and O–H groups in total. The summed E-state index contributed by atoms with van der Waals surface area (Å²) in [5.74, 6) is 0. The van der Waals surface area contributed by atoms with Crippen molar-refractivity contribution < 1.29 is 0 Å². The Kier molecular flexibility index (Phi) is 5.58. The molecule has 14 heavy (non-hydrogen) atoms. The van der Waals surface area contributed by atoms with Gasteiger partial charge in [-0.2, -0.15) is 5.26 Å². The fraction of sp³-hybridized carbons (Fsp3) is 0.909.